The van der Waals surface area contributed by atoms with Gasteiger partial charge in [0.15, 0.2) is 0 Å². The zero-order chi connectivity index (χ0) is 10.8. The van der Waals surface area contributed by atoms with Gasteiger partial charge >= 0.3 is 0 Å². The Morgan fingerprint density at radius 2 is 1.93 bits per heavy atom. The third kappa shape index (κ3) is 3.49. The molecule has 82 valence electrons. The molecule has 0 spiro atoms. The van der Waals surface area contributed by atoms with Crippen molar-refractivity contribution in [3.05, 3.63) is 0 Å². The Labute approximate surface area is 89.8 Å². The number of sulfone groups is 1. The van der Waals surface area contributed by atoms with Gasteiger partial charge in [-0.3, -0.25) is 4.79 Å². The lowest BCUT2D eigenvalue weighted by Gasteiger charge is -2.23. The SMILES string of the molecule is CC(S)C(=O)NC1CCS(=O)(=O)CC1. The molecule has 0 aromatic carbocycles. The van der Waals surface area contributed by atoms with Crippen molar-refractivity contribution >= 4 is 28.4 Å². The van der Waals surface area contributed by atoms with Gasteiger partial charge in [-0.05, 0) is 19.8 Å². The molecule has 1 fully saturated rings. The number of carbonyl (C=O) groups excluding carboxylic acids is 1. The molecule has 1 heterocycles. The van der Waals surface area contributed by atoms with Crippen molar-refractivity contribution in [2.45, 2.75) is 31.1 Å². The second-order valence-electron chi connectivity index (χ2n) is 3.61. The molecule has 0 bridgehead atoms. The predicted molar refractivity (Wildman–Crippen MR) is 58.3 cm³/mol. The standard InChI is InChI=1S/C8H15NO3S2/c1-6(13)8(10)9-7-2-4-14(11,12)5-3-7/h6-7,13H,2-5H2,1H3,(H,9,10). The molecule has 14 heavy (non-hydrogen) atoms. The Bertz CT molecular complexity index is 297. The van der Waals surface area contributed by atoms with Gasteiger partial charge in [0, 0.05) is 6.04 Å². The molecule has 1 aliphatic rings. The van der Waals surface area contributed by atoms with Crippen LogP contribution in [0.2, 0.25) is 0 Å². The zero-order valence-corrected chi connectivity index (χ0v) is 9.77. The van der Waals surface area contributed by atoms with Gasteiger partial charge in [-0.1, -0.05) is 0 Å². The van der Waals surface area contributed by atoms with Crippen molar-refractivity contribution < 1.29 is 13.2 Å². The molecule has 1 unspecified atom stereocenters. The quantitative estimate of drug-likeness (QED) is 0.664. The Balaban J connectivity index is 2.40. The van der Waals surface area contributed by atoms with Crippen LogP contribution in [-0.4, -0.2) is 37.1 Å². The Hall–Kier alpha value is -0.230. The number of nitrogens with one attached hydrogen (secondary N) is 1. The molecule has 1 rings (SSSR count). The van der Waals surface area contributed by atoms with E-state index < -0.39 is 9.84 Å². The van der Waals surface area contributed by atoms with E-state index in [1.54, 1.807) is 6.92 Å². The molecule has 0 aliphatic carbocycles. The molecule has 1 N–H and O–H groups in total. The minimum atomic E-state index is -2.84. The topological polar surface area (TPSA) is 63.2 Å². The highest BCUT2D eigenvalue weighted by molar-refractivity contribution is 7.91. The van der Waals surface area contributed by atoms with Gasteiger partial charge in [0.1, 0.15) is 9.84 Å². The maximum Gasteiger partial charge on any atom is 0.232 e. The van der Waals surface area contributed by atoms with E-state index in [0.717, 1.165) is 0 Å². The Morgan fingerprint density at radius 3 is 2.36 bits per heavy atom. The van der Waals surface area contributed by atoms with Crippen molar-refractivity contribution in [1.82, 2.24) is 5.32 Å². The third-order valence-electron chi connectivity index (χ3n) is 2.28. The summed E-state index contributed by atoms with van der Waals surface area (Å²) in [7, 11) is -2.84. The first kappa shape index (κ1) is 11.8. The first-order valence-corrected chi connectivity index (χ1v) is 6.93. The van der Waals surface area contributed by atoms with Crippen LogP contribution in [0.25, 0.3) is 0 Å². The predicted octanol–water partition coefficient (Wildman–Crippen LogP) is -0.00190. The molecule has 4 nitrogen and oxygen atoms in total. The number of amides is 1. The summed E-state index contributed by atoms with van der Waals surface area (Å²) in [5.41, 5.74) is 0. The summed E-state index contributed by atoms with van der Waals surface area (Å²) in [6.07, 6.45) is 1.04. The second kappa shape index (κ2) is 4.53. The Morgan fingerprint density at radius 1 is 1.43 bits per heavy atom. The highest BCUT2D eigenvalue weighted by atomic mass is 32.2. The van der Waals surface area contributed by atoms with Crippen molar-refractivity contribution in [2.24, 2.45) is 0 Å². The van der Waals surface area contributed by atoms with Crippen molar-refractivity contribution in [2.75, 3.05) is 11.5 Å². The van der Waals surface area contributed by atoms with Crippen LogP contribution in [0.15, 0.2) is 0 Å². The summed E-state index contributed by atoms with van der Waals surface area (Å²) < 4.78 is 22.2. The maximum absolute atomic E-state index is 11.2. The lowest BCUT2D eigenvalue weighted by atomic mass is 10.1. The average molecular weight is 237 g/mol. The fraction of sp³-hybridized carbons (Fsp3) is 0.875. The third-order valence-corrected chi connectivity index (χ3v) is 4.23. The molecule has 0 aromatic heterocycles. The van der Waals surface area contributed by atoms with Crippen molar-refractivity contribution in [3.8, 4) is 0 Å². The van der Waals surface area contributed by atoms with E-state index >= 15 is 0 Å². The van der Waals surface area contributed by atoms with E-state index in [-0.39, 0.29) is 28.7 Å². The average Bonchev–Trinajstić information content (AvgIpc) is 2.08. The van der Waals surface area contributed by atoms with Gasteiger partial charge in [-0.2, -0.15) is 12.6 Å². The molecule has 1 amide bonds. The monoisotopic (exact) mass is 237 g/mol. The molecule has 0 saturated carbocycles. The number of hydrogen-bond acceptors (Lipinski definition) is 4. The summed E-state index contributed by atoms with van der Waals surface area (Å²) >= 11 is 4.00. The van der Waals surface area contributed by atoms with Crippen LogP contribution >= 0.6 is 12.6 Å². The molecular formula is C8H15NO3S2. The summed E-state index contributed by atoms with van der Waals surface area (Å²) in [6, 6.07) is 0.000579. The molecule has 6 heteroatoms. The van der Waals surface area contributed by atoms with Gasteiger partial charge in [0.25, 0.3) is 0 Å². The van der Waals surface area contributed by atoms with Crippen LogP contribution in [-0.2, 0) is 14.6 Å². The Kier molecular flexibility index (Phi) is 3.83. The van der Waals surface area contributed by atoms with Gasteiger partial charge in [0.2, 0.25) is 5.91 Å². The van der Waals surface area contributed by atoms with Crippen LogP contribution in [0.5, 0.6) is 0 Å². The van der Waals surface area contributed by atoms with E-state index in [4.69, 9.17) is 0 Å². The van der Waals surface area contributed by atoms with Gasteiger partial charge < -0.3 is 5.32 Å². The number of rotatable bonds is 2. The normalized spacial score (nSPS) is 24.1. The largest absolute Gasteiger partial charge is 0.352 e. The van der Waals surface area contributed by atoms with Crippen LogP contribution < -0.4 is 5.32 Å². The minimum Gasteiger partial charge on any atom is -0.352 e. The lowest BCUT2D eigenvalue weighted by Crippen LogP contribution is -2.43. The summed E-state index contributed by atoms with van der Waals surface area (Å²) in [5, 5.41) is 2.44. The second-order valence-corrected chi connectivity index (χ2v) is 6.69. The molecule has 1 saturated heterocycles. The van der Waals surface area contributed by atoms with E-state index in [2.05, 4.69) is 17.9 Å². The highest BCUT2D eigenvalue weighted by Gasteiger charge is 2.25. The van der Waals surface area contributed by atoms with Crippen LogP contribution in [0.3, 0.4) is 0 Å². The summed E-state index contributed by atoms with van der Waals surface area (Å²) in [5.74, 6) is 0.232. The van der Waals surface area contributed by atoms with E-state index in [0.29, 0.717) is 12.8 Å². The number of thiol groups is 1. The van der Waals surface area contributed by atoms with Gasteiger partial charge in [-0.15, -0.1) is 0 Å². The summed E-state index contributed by atoms with van der Waals surface area (Å²) in [4.78, 5) is 11.2. The highest BCUT2D eigenvalue weighted by Crippen LogP contribution is 2.12. The first-order chi connectivity index (χ1) is 6.41. The summed E-state index contributed by atoms with van der Waals surface area (Å²) in [6.45, 7) is 1.69. The van der Waals surface area contributed by atoms with Crippen molar-refractivity contribution in [1.29, 1.82) is 0 Å². The molecule has 1 atom stereocenters. The zero-order valence-electron chi connectivity index (χ0n) is 8.06. The molecule has 0 radical (unpaired) electrons. The van der Waals surface area contributed by atoms with E-state index in [9.17, 15) is 13.2 Å². The molecular weight excluding hydrogens is 222 g/mol. The number of carbonyl (C=O) groups is 1. The van der Waals surface area contributed by atoms with Crippen molar-refractivity contribution in [3.63, 3.8) is 0 Å². The van der Waals surface area contributed by atoms with Gasteiger partial charge in [-0.25, -0.2) is 8.42 Å². The van der Waals surface area contributed by atoms with Crippen LogP contribution in [0.4, 0.5) is 0 Å². The molecule has 1 aliphatic heterocycles. The smallest absolute Gasteiger partial charge is 0.232 e. The van der Waals surface area contributed by atoms with Crippen LogP contribution in [0.1, 0.15) is 19.8 Å². The minimum absolute atomic E-state index is 0.000579. The van der Waals surface area contributed by atoms with E-state index in [1.165, 1.54) is 0 Å². The first-order valence-electron chi connectivity index (χ1n) is 4.59. The number of hydrogen-bond donors (Lipinski definition) is 2. The maximum atomic E-state index is 11.2. The molecule has 0 aromatic rings. The fourth-order valence-corrected chi connectivity index (χ4v) is 2.92. The fourth-order valence-electron chi connectivity index (χ4n) is 1.36. The van der Waals surface area contributed by atoms with E-state index in [1.807, 2.05) is 0 Å². The van der Waals surface area contributed by atoms with Gasteiger partial charge in [0.05, 0.1) is 16.8 Å². The van der Waals surface area contributed by atoms with Crippen LogP contribution in [0, 0.1) is 0 Å². The lowest BCUT2D eigenvalue weighted by molar-refractivity contribution is -0.121.